The van der Waals surface area contributed by atoms with Crippen LogP contribution in [0.25, 0.3) is 11.3 Å². The number of aromatic carboxylic acids is 1. The fraction of sp³-hybridized carbons (Fsp3) is 0.143. The molecule has 33 heavy (non-hydrogen) atoms. The van der Waals surface area contributed by atoms with Crippen LogP contribution in [0.2, 0.25) is 5.02 Å². The van der Waals surface area contributed by atoms with E-state index in [1.165, 1.54) is 18.2 Å². The Kier molecular flexibility index (Phi) is 7.25. The SMILES string of the molecule is O=C(O)c1ccc(OS(=O)(=O)C(F)(F)F)c(-c2ccc(Cl)c(COCc3ccccc3)c2)n1. The second kappa shape index (κ2) is 9.77. The number of carboxylic acid groups (broad SMARTS) is 1. The molecule has 1 N–H and O–H groups in total. The van der Waals surface area contributed by atoms with Crippen molar-refractivity contribution in [3.63, 3.8) is 0 Å². The molecule has 0 spiro atoms. The van der Waals surface area contributed by atoms with Crippen LogP contribution in [0.1, 0.15) is 21.6 Å². The summed E-state index contributed by atoms with van der Waals surface area (Å²) in [7, 11) is -6.02. The van der Waals surface area contributed by atoms with E-state index in [-0.39, 0.29) is 23.8 Å². The summed E-state index contributed by atoms with van der Waals surface area (Å²) in [5.74, 6) is -2.27. The van der Waals surface area contributed by atoms with E-state index in [0.717, 1.165) is 17.7 Å². The monoisotopic (exact) mass is 501 g/mol. The standard InChI is InChI=1S/C21H15ClF3NO6S/c22-16-7-6-14(10-15(16)12-31-11-13-4-2-1-3-5-13)19-18(9-8-17(26-19)20(27)28)32-33(29,30)21(23,24)25/h1-10H,11-12H2,(H,27,28). The smallest absolute Gasteiger partial charge is 0.477 e. The fourth-order valence-corrected chi connectivity index (χ4v) is 3.33. The molecule has 7 nitrogen and oxygen atoms in total. The highest BCUT2D eigenvalue weighted by atomic mass is 35.5. The summed E-state index contributed by atoms with van der Waals surface area (Å²) in [6, 6.07) is 15.0. The molecular weight excluding hydrogens is 487 g/mol. The van der Waals surface area contributed by atoms with Gasteiger partial charge >= 0.3 is 21.6 Å². The molecule has 3 rings (SSSR count). The Morgan fingerprint density at radius 3 is 2.36 bits per heavy atom. The van der Waals surface area contributed by atoms with Gasteiger partial charge in [-0.2, -0.15) is 21.6 Å². The van der Waals surface area contributed by atoms with Crippen molar-refractivity contribution in [2.45, 2.75) is 18.7 Å². The van der Waals surface area contributed by atoms with Gasteiger partial charge in [0, 0.05) is 10.6 Å². The highest BCUT2D eigenvalue weighted by Crippen LogP contribution is 2.35. The lowest BCUT2D eigenvalue weighted by Gasteiger charge is -2.14. The van der Waals surface area contributed by atoms with Crippen molar-refractivity contribution in [2.24, 2.45) is 0 Å². The highest BCUT2D eigenvalue weighted by Gasteiger charge is 2.49. The number of hydrogen-bond acceptors (Lipinski definition) is 6. The number of carboxylic acids is 1. The molecule has 0 aliphatic carbocycles. The number of nitrogens with zero attached hydrogens (tertiary/aromatic N) is 1. The molecule has 12 heteroatoms. The molecule has 0 atom stereocenters. The third-order valence-corrected chi connectivity index (χ3v) is 5.58. The molecule has 0 amide bonds. The van der Waals surface area contributed by atoms with E-state index in [9.17, 15) is 31.5 Å². The van der Waals surface area contributed by atoms with Gasteiger partial charge in [-0.3, -0.25) is 0 Å². The number of ether oxygens (including phenoxy) is 1. The van der Waals surface area contributed by atoms with Crippen LogP contribution in [0.5, 0.6) is 5.75 Å². The van der Waals surface area contributed by atoms with Crippen LogP contribution in [-0.2, 0) is 28.1 Å². The van der Waals surface area contributed by atoms with E-state index < -0.39 is 38.7 Å². The summed E-state index contributed by atoms with van der Waals surface area (Å²) in [4.78, 5) is 15.1. The van der Waals surface area contributed by atoms with Gasteiger partial charge in [0.15, 0.2) is 5.75 Å². The summed E-state index contributed by atoms with van der Waals surface area (Å²) in [6.07, 6.45) is 0. The molecule has 0 bridgehead atoms. The summed E-state index contributed by atoms with van der Waals surface area (Å²) in [5.41, 5.74) is -5.26. The van der Waals surface area contributed by atoms with Crippen molar-refractivity contribution in [1.29, 1.82) is 0 Å². The van der Waals surface area contributed by atoms with Crippen LogP contribution >= 0.6 is 11.6 Å². The molecule has 0 fully saturated rings. The summed E-state index contributed by atoms with van der Waals surface area (Å²) < 4.78 is 71.2. The maximum atomic E-state index is 12.8. The van der Waals surface area contributed by atoms with E-state index in [1.807, 2.05) is 30.3 Å². The Hall–Kier alpha value is -3.15. The van der Waals surface area contributed by atoms with Crippen LogP contribution in [0.3, 0.4) is 0 Å². The van der Waals surface area contributed by atoms with Gasteiger partial charge in [0.1, 0.15) is 11.4 Å². The predicted molar refractivity (Wildman–Crippen MR) is 112 cm³/mol. The number of halogens is 4. The number of benzene rings is 2. The number of aromatic nitrogens is 1. The average Bonchev–Trinajstić information content (AvgIpc) is 2.75. The summed E-state index contributed by atoms with van der Waals surface area (Å²) in [6.45, 7) is 0.267. The molecule has 0 aliphatic rings. The third-order valence-electron chi connectivity index (χ3n) is 4.25. The first kappa shape index (κ1) is 24.5. The Bertz CT molecular complexity index is 1270. The number of pyridine rings is 1. The van der Waals surface area contributed by atoms with Crippen molar-refractivity contribution >= 4 is 27.7 Å². The van der Waals surface area contributed by atoms with Gasteiger partial charge in [0.25, 0.3) is 0 Å². The fourth-order valence-electron chi connectivity index (χ4n) is 2.69. The van der Waals surface area contributed by atoms with E-state index in [4.69, 9.17) is 16.3 Å². The van der Waals surface area contributed by atoms with Crippen LogP contribution in [-0.4, -0.2) is 30.0 Å². The molecule has 0 unspecified atom stereocenters. The Labute approximate surface area is 191 Å². The van der Waals surface area contributed by atoms with E-state index >= 15 is 0 Å². The van der Waals surface area contributed by atoms with Gasteiger partial charge in [0.2, 0.25) is 0 Å². The number of alkyl halides is 3. The van der Waals surface area contributed by atoms with E-state index in [2.05, 4.69) is 9.17 Å². The summed E-state index contributed by atoms with van der Waals surface area (Å²) >= 11 is 6.18. The lowest BCUT2D eigenvalue weighted by molar-refractivity contribution is -0.0500. The summed E-state index contributed by atoms with van der Waals surface area (Å²) in [5, 5.41) is 9.46. The first-order valence-corrected chi connectivity index (χ1v) is 10.9. The van der Waals surface area contributed by atoms with Gasteiger partial charge in [-0.1, -0.05) is 48.0 Å². The number of rotatable bonds is 8. The molecule has 0 aliphatic heterocycles. The van der Waals surface area contributed by atoms with Crippen molar-refractivity contribution in [3.05, 3.63) is 82.5 Å². The zero-order valence-electron chi connectivity index (χ0n) is 16.5. The van der Waals surface area contributed by atoms with Crippen molar-refractivity contribution in [3.8, 4) is 17.0 Å². The molecule has 0 saturated carbocycles. The normalized spacial score (nSPS) is 11.9. The first-order chi connectivity index (χ1) is 15.5. The quantitative estimate of drug-likeness (QED) is 0.340. The van der Waals surface area contributed by atoms with Gasteiger partial charge in [-0.25, -0.2) is 9.78 Å². The predicted octanol–water partition coefficient (Wildman–Crippen LogP) is 5.05. The molecule has 1 aromatic heterocycles. The van der Waals surface area contributed by atoms with Gasteiger partial charge in [-0.05, 0) is 35.4 Å². The third kappa shape index (κ3) is 6.01. The van der Waals surface area contributed by atoms with E-state index in [0.29, 0.717) is 5.56 Å². The van der Waals surface area contributed by atoms with Crippen molar-refractivity contribution < 1.29 is 40.4 Å². The zero-order chi connectivity index (χ0) is 24.2. The van der Waals surface area contributed by atoms with Gasteiger partial charge in [0.05, 0.1) is 13.2 Å². The molecule has 1 heterocycles. The highest BCUT2D eigenvalue weighted by molar-refractivity contribution is 7.88. The van der Waals surface area contributed by atoms with Crippen molar-refractivity contribution in [2.75, 3.05) is 0 Å². The maximum Gasteiger partial charge on any atom is 0.534 e. The van der Waals surface area contributed by atoms with Crippen LogP contribution in [0.4, 0.5) is 13.2 Å². The molecule has 2 aromatic carbocycles. The zero-order valence-corrected chi connectivity index (χ0v) is 18.1. The molecule has 0 radical (unpaired) electrons. The Morgan fingerprint density at radius 1 is 1.03 bits per heavy atom. The second-order valence-corrected chi connectivity index (χ2v) is 8.56. The Balaban J connectivity index is 1.96. The minimum atomic E-state index is -6.02. The average molecular weight is 502 g/mol. The van der Waals surface area contributed by atoms with Crippen LogP contribution < -0.4 is 4.18 Å². The van der Waals surface area contributed by atoms with Crippen LogP contribution in [0.15, 0.2) is 60.7 Å². The van der Waals surface area contributed by atoms with E-state index in [1.54, 1.807) is 0 Å². The number of carbonyl (C=O) groups is 1. The lowest BCUT2D eigenvalue weighted by atomic mass is 10.1. The minimum absolute atomic E-state index is 0.0111. The molecule has 3 aromatic rings. The lowest BCUT2D eigenvalue weighted by Crippen LogP contribution is -2.28. The molecular formula is C21H15ClF3NO6S. The minimum Gasteiger partial charge on any atom is -0.477 e. The maximum absolute atomic E-state index is 12.8. The van der Waals surface area contributed by atoms with Crippen molar-refractivity contribution in [1.82, 2.24) is 4.98 Å². The molecule has 174 valence electrons. The van der Waals surface area contributed by atoms with Crippen LogP contribution in [0, 0.1) is 0 Å². The first-order valence-electron chi connectivity index (χ1n) is 9.13. The van der Waals surface area contributed by atoms with Gasteiger partial charge < -0.3 is 14.0 Å². The Morgan fingerprint density at radius 2 is 1.73 bits per heavy atom. The molecule has 0 saturated heterocycles. The topological polar surface area (TPSA) is 103 Å². The van der Waals surface area contributed by atoms with Gasteiger partial charge in [-0.15, -0.1) is 0 Å². The second-order valence-electron chi connectivity index (χ2n) is 6.62. The number of hydrogen-bond donors (Lipinski definition) is 1. The largest absolute Gasteiger partial charge is 0.534 e.